The SMILES string of the molecule is Cc1ccc(NC(=O)C(C)Oc2ccc(Oc3ccccc3)cc2)cc1C. The lowest BCUT2D eigenvalue weighted by Crippen LogP contribution is -2.30. The predicted octanol–water partition coefficient (Wildman–Crippen LogP) is 5.50. The molecule has 138 valence electrons. The first kappa shape index (κ1) is 18.5. The number of hydrogen-bond acceptors (Lipinski definition) is 3. The summed E-state index contributed by atoms with van der Waals surface area (Å²) in [6, 6.07) is 22.6. The topological polar surface area (TPSA) is 47.6 Å². The summed E-state index contributed by atoms with van der Waals surface area (Å²) in [4.78, 5) is 12.4. The number of rotatable bonds is 6. The van der Waals surface area contributed by atoms with Crippen molar-refractivity contribution in [1.82, 2.24) is 0 Å². The molecule has 1 amide bonds. The minimum absolute atomic E-state index is 0.192. The fourth-order valence-corrected chi connectivity index (χ4v) is 2.53. The second-order valence-corrected chi connectivity index (χ2v) is 6.43. The van der Waals surface area contributed by atoms with Crippen LogP contribution in [0, 0.1) is 13.8 Å². The second kappa shape index (κ2) is 8.41. The standard InChI is InChI=1S/C23H23NO3/c1-16-9-10-19(15-17(16)2)24-23(25)18(3)26-21-11-13-22(14-12-21)27-20-7-5-4-6-8-20/h4-15,18H,1-3H3,(H,24,25). The summed E-state index contributed by atoms with van der Waals surface area (Å²) in [6.45, 7) is 5.78. The number of amides is 1. The zero-order valence-corrected chi connectivity index (χ0v) is 15.7. The van der Waals surface area contributed by atoms with Gasteiger partial charge in [-0.3, -0.25) is 4.79 Å². The third-order valence-electron chi connectivity index (χ3n) is 4.26. The van der Waals surface area contributed by atoms with Crippen LogP contribution in [-0.4, -0.2) is 12.0 Å². The van der Waals surface area contributed by atoms with Crippen LogP contribution in [0.1, 0.15) is 18.1 Å². The Bertz CT molecular complexity index is 905. The molecule has 0 heterocycles. The summed E-state index contributed by atoms with van der Waals surface area (Å²) in [7, 11) is 0. The first-order valence-electron chi connectivity index (χ1n) is 8.89. The summed E-state index contributed by atoms with van der Waals surface area (Å²) in [5, 5.41) is 2.89. The van der Waals surface area contributed by atoms with E-state index in [2.05, 4.69) is 5.32 Å². The van der Waals surface area contributed by atoms with Gasteiger partial charge in [0.25, 0.3) is 5.91 Å². The number of anilines is 1. The normalized spacial score (nSPS) is 11.5. The molecule has 3 aromatic carbocycles. The van der Waals surface area contributed by atoms with Crippen molar-refractivity contribution in [2.24, 2.45) is 0 Å². The number of carbonyl (C=O) groups is 1. The van der Waals surface area contributed by atoms with Gasteiger partial charge in [-0.25, -0.2) is 0 Å². The molecule has 3 rings (SSSR count). The number of nitrogens with one attached hydrogen (secondary N) is 1. The van der Waals surface area contributed by atoms with E-state index >= 15 is 0 Å². The molecule has 0 bridgehead atoms. The highest BCUT2D eigenvalue weighted by atomic mass is 16.5. The molecule has 0 spiro atoms. The van der Waals surface area contributed by atoms with Crippen molar-refractivity contribution in [3.05, 3.63) is 83.9 Å². The minimum atomic E-state index is -0.618. The average Bonchev–Trinajstić information content (AvgIpc) is 2.67. The number of carbonyl (C=O) groups excluding carboxylic acids is 1. The molecule has 1 atom stereocenters. The van der Waals surface area contributed by atoms with Crippen molar-refractivity contribution in [3.63, 3.8) is 0 Å². The van der Waals surface area contributed by atoms with Gasteiger partial charge in [0.1, 0.15) is 17.2 Å². The van der Waals surface area contributed by atoms with Gasteiger partial charge in [0.05, 0.1) is 0 Å². The van der Waals surface area contributed by atoms with Crippen LogP contribution >= 0.6 is 0 Å². The third kappa shape index (κ3) is 5.11. The molecular formula is C23H23NO3. The van der Waals surface area contributed by atoms with E-state index < -0.39 is 6.10 Å². The maximum absolute atomic E-state index is 12.4. The fraction of sp³-hybridized carbons (Fsp3) is 0.174. The van der Waals surface area contributed by atoms with Crippen molar-refractivity contribution >= 4 is 11.6 Å². The van der Waals surface area contributed by atoms with E-state index in [0.29, 0.717) is 11.5 Å². The fourth-order valence-electron chi connectivity index (χ4n) is 2.53. The molecule has 3 aromatic rings. The van der Waals surface area contributed by atoms with Crippen LogP contribution in [0.15, 0.2) is 72.8 Å². The minimum Gasteiger partial charge on any atom is -0.481 e. The Balaban J connectivity index is 1.57. The molecule has 0 aromatic heterocycles. The summed E-state index contributed by atoms with van der Waals surface area (Å²) in [5.41, 5.74) is 3.09. The number of ether oxygens (including phenoxy) is 2. The zero-order chi connectivity index (χ0) is 19.2. The van der Waals surface area contributed by atoms with Gasteiger partial charge in [0.2, 0.25) is 0 Å². The Labute approximate surface area is 159 Å². The predicted molar refractivity (Wildman–Crippen MR) is 108 cm³/mol. The van der Waals surface area contributed by atoms with E-state index in [1.54, 1.807) is 19.1 Å². The van der Waals surface area contributed by atoms with Gasteiger partial charge < -0.3 is 14.8 Å². The van der Waals surface area contributed by atoms with Gasteiger partial charge >= 0.3 is 0 Å². The van der Waals surface area contributed by atoms with Crippen molar-refractivity contribution < 1.29 is 14.3 Å². The van der Waals surface area contributed by atoms with Crippen molar-refractivity contribution in [3.8, 4) is 17.2 Å². The molecule has 4 heteroatoms. The van der Waals surface area contributed by atoms with E-state index in [9.17, 15) is 4.79 Å². The summed E-state index contributed by atoms with van der Waals surface area (Å²) >= 11 is 0. The molecule has 1 unspecified atom stereocenters. The highest BCUT2D eigenvalue weighted by molar-refractivity contribution is 5.94. The van der Waals surface area contributed by atoms with Crippen LogP contribution in [0.2, 0.25) is 0 Å². The highest BCUT2D eigenvalue weighted by Gasteiger charge is 2.15. The number of para-hydroxylation sites is 1. The largest absolute Gasteiger partial charge is 0.481 e. The molecule has 0 saturated heterocycles. The Morgan fingerprint density at radius 3 is 2.11 bits per heavy atom. The van der Waals surface area contributed by atoms with Gasteiger partial charge in [-0.05, 0) is 80.4 Å². The molecule has 0 saturated carbocycles. The summed E-state index contributed by atoms with van der Waals surface area (Å²) < 4.78 is 11.5. The van der Waals surface area contributed by atoms with Crippen LogP contribution in [0.5, 0.6) is 17.2 Å². The van der Waals surface area contributed by atoms with E-state index in [1.165, 1.54) is 5.56 Å². The van der Waals surface area contributed by atoms with Gasteiger partial charge in [0, 0.05) is 5.69 Å². The monoisotopic (exact) mass is 361 g/mol. The second-order valence-electron chi connectivity index (χ2n) is 6.43. The first-order valence-corrected chi connectivity index (χ1v) is 8.89. The molecule has 1 N–H and O–H groups in total. The Morgan fingerprint density at radius 2 is 1.44 bits per heavy atom. The van der Waals surface area contributed by atoms with Gasteiger partial charge in [-0.1, -0.05) is 24.3 Å². The summed E-state index contributed by atoms with van der Waals surface area (Å²) in [5.74, 6) is 1.90. The lowest BCUT2D eigenvalue weighted by Gasteiger charge is -2.15. The van der Waals surface area contributed by atoms with Crippen LogP contribution in [0.4, 0.5) is 5.69 Å². The van der Waals surface area contributed by atoms with Crippen LogP contribution in [0.25, 0.3) is 0 Å². The molecule has 27 heavy (non-hydrogen) atoms. The average molecular weight is 361 g/mol. The van der Waals surface area contributed by atoms with Gasteiger partial charge in [-0.15, -0.1) is 0 Å². The van der Waals surface area contributed by atoms with Crippen molar-refractivity contribution in [2.75, 3.05) is 5.32 Å². The van der Waals surface area contributed by atoms with Crippen LogP contribution in [0.3, 0.4) is 0 Å². The molecule has 0 aliphatic rings. The Kier molecular flexibility index (Phi) is 5.77. The molecule has 0 aliphatic carbocycles. The lowest BCUT2D eigenvalue weighted by atomic mass is 10.1. The van der Waals surface area contributed by atoms with E-state index in [-0.39, 0.29) is 5.91 Å². The quantitative estimate of drug-likeness (QED) is 0.630. The van der Waals surface area contributed by atoms with Gasteiger partial charge in [0.15, 0.2) is 6.10 Å². The maximum Gasteiger partial charge on any atom is 0.265 e. The highest BCUT2D eigenvalue weighted by Crippen LogP contribution is 2.24. The smallest absolute Gasteiger partial charge is 0.265 e. The van der Waals surface area contributed by atoms with Crippen LogP contribution < -0.4 is 14.8 Å². The van der Waals surface area contributed by atoms with E-state index in [0.717, 1.165) is 17.0 Å². The third-order valence-corrected chi connectivity index (χ3v) is 4.26. The van der Waals surface area contributed by atoms with Crippen molar-refractivity contribution in [2.45, 2.75) is 26.9 Å². The molecular weight excluding hydrogens is 338 g/mol. The van der Waals surface area contributed by atoms with Crippen LogP contribution in [-0.2, 0) is 4.79 Å². The number of benzene rings is 3. The Morgan fingerprint density at radius 1 is 0.815 bits per heavy atom. The number of aryl methyl sites for hydroxylation is 2. The molecule has 0 fully saturated rings. The molecule has 0 radical (unpaired) electrons. The zero-order valence-electron chi connectivity index (χ0n) is 15.7. The maximum atomic E-state index is 12.4. The lowest BCUT2D eigenvalue weighted by molar-refractivity contribution is -0.122. The first-order chi connectivity index (χ1) is 13.0. The van der Waals surface area contributed by atoms with Crippen molar-refractivity contribution in [1.29, 1.82) is 0 Å². The van der Waals surface area contributed by atoms with Gasteiger partial charge in [-0.2, -0.15) is 0 Å². The molecule has 0 aliphatic heterocycles. The van der Waals surface area contributed by atoms with E-state index in [1.807, 2.05) is 74.5 Å². The summed E-state index contributed by atoms with van der Waals surface area (Å²) in [6.07, 6.45) is -0.618. The number of hydrogen-bond donors (Lipinski definition) is 1. The Hall–Kier alpha value is -3.27. The van der Waals surface area contributed by atoms with E-state index in [4.69, 9.17) is 9.47 Å². The molecule has 4 nitrogen and oxygen atoms in total.